The van der Waals surface area contributed by atoms with E-state index in [0.29, 0.717) is 18.8 Å². The van der Waals surface area contributed by atoms with Gasteiger partial charge in [0.1, 0.15) is 0 Å². The Hall–Kier alpha value is 0.1000. The van der Waals surface area contributed by atoms with Gasteiger partial charge < -0.3 is 20.1 Å². The molecule has 0 bridgehead atoms. The largest absolute Gasteiger partial charge is 0.385 e. The summed E-state index contributed by atoms with van der Waals surface area (Å²) >= 11 is 0. The highest BCUT2D eigenvalue weighted by Gasteiger charge is 2.11. The molecule has 0 heterocycles. The van der Waals surface area contributed by atoms with Crippen LogP contribution in [0.4, 0.5) is 0 Å². The lowest BCUT2D eigenvalue weighted by atomic mass is 10.3. The SMILES string of the molecule is COCCCCNCCOS(=O)(=O)SCCNCCCCOC. The van der Waals surface area contributed by atoms with Gasteiger partial charge in [-0.2, -0.15) is 8.42 Å². The lowest BCUT2D eigenvalue weighted by Crippen LogP contribution is -2.23. The Morgan fingerprint density at radius 2 is 1.35 bits per heavy atom. The number of hydrogen-bond donors (Lipinski definition) is 2. The Morgan fingerprint density at radius 3 is 1.91 bits per heavy atom. The van der Waals surface area contributed by atoms with Crippen molar-refractivity contribution < 1.29 is 22.1 Å². The van der Waals surface area contributed by atoms with Crippen LogP contribution < -0.4 is 10.6 Å². The first-order chi connectivity index (χ1) is 11.1. The van der Waals surface area contributed by atoms with Crippen molar-refractivity contribution in [3.63, 3.8) is 0 Å². The molecule has 0 fully saturated rings. The normalized spacial score (nSPS) is 11.9. The van der Waals surface area contributed by atoms with Crippen molar-refractivity contribution in [2.45, 2.75) is 25.7 Å². The van der Waals surface area contributed by atoms with E-state index in [1.165, 1.54) is 0 Å². The van der Waals surface area contributed by atoms with Crippen LogP contribution in [-0.2, 0) is 22.8 Å². The minimum absolute atomic E-state index is 0.171. The molecule has 2 N–H and O–H groups in total. The van der Waals surface area contributed by atoms with Crippen molar-refractivity contribution in [1.29, 1.82) is 0 Å². The summed E-state index contributed by atoms with van der Waals surface area (Å²) in [6.45, 7) is 4.58. The van der Waals surface area contributed by atoms with Crippen molar-refractivity contribution in [1.82, 2.24) is 10.6 Å². The fourth-order valence-electron chi connectivity index (χ4n) is 1.71. The van der Waals surface area contributed by atoms with Gasteiger partial charge in [-0.1, -0.05) is 0 Å². The van der Waals surface area contributed by atoms with Crippen LogP contribution in [0.2, 0.25) is 0 Å². The molecule has 0 aliphatic rings. The third-order valence-corrected chi connectivity index (χ3v) is 5.69. The number of hydrogen-bond acceptors (Lipinski definition) is 8. The summed E-state index contributed by atoms with van der Waals surface area (Å²) in [6, 6.07) is 0. The van der Waals surface area contributed by atoms with E-state index in [0.717, 1.165) is 62.8 Å². The smallest absolute Gasteiger partial charge is 0.322 e. The second kappa shape index (κ2) is 16.9. The first-order valence-electron chi connectivity index (χ1n) is 8.05. The molecular formula is C14H32N2O5S2. The molecule has 0 aromatic rings. The molecule has 0 radical (unpaired) electrons. The number of methoxy groups -OCH3 is 2. The second-order valence-corrected chi connectivity index (χ2v) is 8.58. The van der Waals surface area contributed by atoms with Gasteiger partial charge in [-0.05, 0) is 49.6 Å². The zero-order chi connectivity index (χ0) is 17.2. The maximum atomic E-state index is 11.6. The van der Waals surface area contributed by atoms with Crippen molar-refractivity contribution in [2.75, 3.05) is 66.0 Å². The predicted molar refractivity (Wildman–Crippen MR) is 95.3 cm³/mol. The molecule has 0 rings (SSSR count). The van der Waals surface area contributed by atoms with E-state index in [4.69, 9.17) is 13.7 Å². The summed E-state index contributed by atoms with van der Waals surface area (Å²) in [6.07, 6.45) is 4.04. The molecule has 0 saturated carbocycles. The van der Waals surface area contributed by atoms with Gasteiger partial charge in [-0.25, -0.2) is 0 Å². The van der Waals surface area contributed by atoms with Gasteiger partial charge in [-0.3, -0.25) is 4.18 Å². The number of unbranched alkanes of at least 4 members (excludes halogenated alkanes) is 2. The van der Waals surface area contributed by atoms with Gasteiger partial charge in [0.15, 0.2) is 0 Å². The lowest BCUT2D eigenvalue weighted by molar-refractivity contribution is 0.192. The third-order valence-electron chi connectivity index (χ3n) is 2.92. The van der Waals surface area contributed by atoms with Crippen LogP contribution in [0.5, 0.6) is 0 Å². The standard InChI is InChI=1S/C14H32N2O5S2/c1-19-11-5-3-7-15-9-13-21-23(17,18)22-14-10-16-8-4-6-12-20-2/h15-16H,3-14H2,1-2H3. The molecule has 0 amide bonds. The van der Waals surface area contributed by atoms with Crippen LogP contribution in [0.1, 0.15) is 25.7 Å². The van der Waals surface area contributed by atoms with Crippen LogP contribution in [0.25, 0.3) is 0 Å². The van der Waals surface area contributed by atoms with Crippen molar-refractivity contribution in [3.8, 4) is 0 Å². The zero-order valence-electron chi connectivity index (χ0n) is 14.3. The van der Waals surface area contributed by atoms with Gasteiger partial charge in [0.05, 0.1) is 6.61 Å². The maximum Gasteiger partial charge on any atom is 0.322 e. The summed E-state index contributed by atoms with van der Waals surface area (Å²) in [7, 11) is 0.720. The number of nitrogens with one attached hydrogen (secondary N) is 2. The summed E-state index contributed by atoms with van der Waals surface area (Å²) in [5.74, 6) is 0.483. The molecule has 0 aliphatic heterocycles. The zero-order valence-corrected chi connectivity index (χ0v) is 16.0. The predicted octanol–water partition coefficient (Wildman–Crippen LogP) is 1.01. The number of rotatable bonds is 18. The summed E-state index contributed by atoms with van der Waals surface area (Å²) in [4.78, 5) is 0. The molecule has 23 heavy (non-hydrogen) atoms. The molecule has 0 spiro atoms. The van der Waals surface area contributed by atoms with E-state index < -0.39 is 9.15 Å². The van der Waals surface area contributed by atoms with Crippen LogP contribution in [0.15, 0.2) is 0 Å². The van der Waals surface area contributed by atoms with E-state index in [1.54, 1.807) is 14.2 Å². The monoisotopic (exact) mass is 372 g/mol. The van der Waals surface area contributed by atoms with E-state index in [9.17, 15) is 8.42 Å². The fraction of sp³-hybridized carbons (Fsp3) is 1.00. The van der Waals surface area contributed by atoms with Gasteiger partial charge >= 0.3 is 9.15 Å². The first kappa shape index (κ1) is 23.1. The summed E-state index contributed by atoms with van der Waals surface area (Å²) in [5.41, 5.74) is 0. The van der Waals surface area contributed by atoms with E-state index in [2.05, 4.69) is 10.6 Å². The fourth-order valence-corrected chi connectivity index (χ4v) is 3.77. The average molecular weight is 373 g/mol. The van der Waals surface area contributed by atoms with Crippen LogP contribution in [-0.4, -0.2) is 74.4 Å². The van der Waals surface area contributed by atoms with E-state index in [-0.39, 0.29) is 6.61 Å². The van der Waals surface area contributed by atoms with Gasteiger partial charge in [-0.15, -0.1) is 0 Å². The molecule has 9 heteroatoms. The van der Waals surface area contributed by atoms with Crippen LogP contribution >= 0.6 is 10.8 Å². The Kier molecular flexibility index (Phi) is 17.0. The van der Waals surface area contributed by atoms with Crippen LogP contribution in [0.3, 0.4) is 0 Å². The molecule has 0 aromatic heterocycles. The van der Waals surface area contributed by atoms with Gasteiger partial charge in [0.2, 0.25) is 0 Å². The Labute approximate surface area is 144 Å². The minimum atomic E-state index is -3.49. The lowest BCUT2D eigenvalue weighted by Gasteiger charge is -2.07. The molecule has 7 nitrogen and oxygen atoms in total. The van der Waals surface area contributed by atoms with Gasteiger partial charge in [0.25, 0.3) is 0 Å². The molecular weight excluding hydrogens is 340 g/mol. The first-order valence-corrected chi connectivity index (χ1v) is 11.0. The Morgan fingerprint density at radius 1 is 0.783 bits per heavy atom. The van der Waals surface area contributed by atoms with Crippen molar-refractivity contribution in [3.05, 3.63) is 0 Å². The number of ether oxygens (including phenoxy) is 2. The average Bonchev–Trinajstić information content (AvgIpc) is 2.52. The third kappa shape index (κ3) is 18.3. The Balaban J connectivity index is 3.37. The topological polar surface area (TPSA) is 85.9 Å². The summed E-state index contributed by atoms with van der Waals surface area (Å²) in [5, 5.41) is 6.34. The highest BCUT2D eigenvalue weighted by Crippen LogP contribution is 2.12. The molecule has 140 valence electrons. The van der Waals surface area contributed by atoms with Crippen LogP contribution in [0, 0.1) is 0 Å². The quantitative estimate of drug-likeness (QED) is 0.272. The van der Waals surface area contributed by atoms with Crippen molar-refractivity contribution >= 4 is 19.9 Å². The molecule has 0 saturated heterocycles. The second-order valence-electron chi connectivity index (χ2n) is 4.95. The molecule has 0 aromatic carbocycles. The van der Waals surface area contributed by atoms with Crippen molar-refractivity contribution in [2.24, 2.45) is 0 Å². The Bertz CT molecular complexity index is 316. The van der Waals surface area contributed by atoms with E-state index in [1.807, 2.05) is 0 Å². The molecule has 0 unspecified atom stereocenters. The molecule has 0 atom stereocenters. The maximum absolute atomic E-state index is 11.6. The highest BCUT2D eigenvalue weighted by atomic mass is 33.1. The minimum Gasteiger partial charge on any atom is -0.385 e. The highest BCUT2D eigenvalue weighted by molar-refractivity contribution is 8.70. The summed E-state index contributed by atoms with van der Waals surface area (Å²) < 4.78 is 38.1. The molecule has 0 aliphatic carbocycles. The van der Waals surface area contributed by atoms with E-state index >= 15 is 0 Å². The van der Waals surface area contributed by atoms with Gasteiger partial charge in [0, 0.05) is 46.3 Å².